The van der Waals surface area contributed by atoms with Crippen molar-refractivity contribution in [1.82, 2.24) is 9.80 Å². The van der Waals surface area contributed by atoms with E-state index in [9.17, 15) is 14.0 Å². The second-order valence-corrected chi connectivity index (χ2v) is 7.13. The Hall–Kier alpha value is -2.69. The Kier molecular flexibility index (Phi) is 5.89. The summed E-state index contributed by atoms with van der Waals surface area (Å²) in [5, 5.41) is 0. The van der Waals surface area contributed by atoms with Crippen LogP contribution in [0.4, 0.5) is 4.39 Å². The molecule has 4 nitrogen and oxygen atoms in total. The third-order valence-electron chi connectivity index (χ3n) is 5.21. The lowest BCUT2D eigenvalue weighted by Crippen LogP contribution is -2.51. The van der Waals surface area contributed by atoms with E-state index in [0.717, 1.165) is 5.56 Å². The minimum atomic E-state index is -0.354. The number of carbonyl (C=O) groups is 2. The lowest BCUT2D eigenvalue weighted by molar-refractivity contribution is -0.138. The maximum Gasteiger partial charge on any atom is 0.227 e. The number of piperazine rings is 1. The molecule has 0 aliphatic carbocycles. The Labute approximate surface area is 159 Å². The van der Waals surface area contributed by atoms with Crippen LogP contribution in [0, 0.1) is 19.7 Å². The van der Waals surface area contributed by atoms with Gasteiger partial charge < -0.3 is 9.80 Å². The highest BCUT2D eigenvalue weighted by Gasteiger charge is 2.24. The van der Waals surface area contributed by atoms with Gasteiger partial charge in [-0.15, -0.1) is 0 Å². The molecule has 1 aliphatic rings. The highest BCUT2D eigenvalue weighted by Crippen LogP contribution is 2.14. The number of amides is 2. The second kappa shape index (κ2) is 8.33. The van der Waals surface area contributed by atoms with E-state index < -0.39 is 0 Å². The molecule has 0 bridgehead atoms. The third-order valence-corrected chi connectivity index (χ3v) is 5.21. The molecular weight excluding hydrogens is 343 g/mol. The Bertz CT molecular complexity index is 842. The van der Waals surface area contributed by atoms with Crippen LogP contribution in [0.15, 0.2) is 42.5 Å². The SMILES string of the molecule is Cc1ccc(CC(=O)N2CCN(C(=O)Cc3ccccc3F)CC2)cc1C. The van der Waals surface area contributed by atoms with E-state index >= 15 is 0 Å². The molecule has 2 aromatic rings. The van der Waals surface area contributed by atoms with Gasteiger partial charge in [-0.3, -0.25) is 9.59 Å². The Balaban J connectivity index is 1.52. The van der Waals surface area contributed by atoms with Crippen molar-refractivity contribution in [1.29, 1.82) is 0 Å². The number of benzene rings is 2. The van der Waals surface area contributed by atoms with Crippen molar-refractivity contribution in [2.24, 2.45) is 0 Å². The van der Waals surface area contributed by atoms with Crippen LogP contribution in [-0.4, -0.2) is 47.8 Å². The molecule has 2 amide bonds. The van der Waals surface area contributed by atoms with Crippen LogP contribution in [0.5, 0.6) is 0 Å². The van der Waals surface area contributed by atoms with E-state index in [4.69, 9.17) is 0 Å². The van der Waals surface area contributed by atoms with Gasteiger partial charge in [-0.25, -0.2) is 4.39 Å². The molecule has 142 valence electrons. The van der Waals surface area contributed by atoms with Crippen LogP contribution in [0.3, 0.4) is 0 Å². The summed E-state index contributed by atoms with van der Waals surface area (Å²) in [6, 6.07) is 12.4. The summed E-state index contributed by atoms with van der Waals surface area (Å²) in [5.74, 6) is -0.367. The predicted octanol–water partition coefficient (Wildman–Crippen LogP) is 2.90. The van der Waals surface area contributed by atoms with Gasteiger partial charge >= 0.3 is 0 Å². The molecule has 1 fully saturated rings. The highest BCUT2D eigenvalue weighted by molar-refractivity contribution is 5.81. The molecule has 0 radical (unpaired) electrons. The van der Waals surface area contributed by atoms with Crippen LogP contribution < -0.4 is 0 Å². The van der Waals surface area contributed by atoms with E-state index in [1.54, 1.807) is 23.1 Å². The molecule has 0 aromatic heterocycles. The third kappa shape index (κ3) is 4.73. The quantitative estimate of drug-likeness (QED) is 0.833. The summed E-state index contributed by atoms with van der Waals surface area (Å²) in [6.45, 7) is 6.12. The zero-order chi connectivity index (χ0) is 19.4. The van der Waals surface area contributed by atoms with E-state index in [2.05, 4.69) is 13.0 Å². The first-order chi connectivity index (χ1) is 12.9. The fraction of sp³-hybridized carbons (Fsp3) is 0.364. The predicted molar refractivity (Wildman–Crippen MR) is 103 cm³/mol. The van der Waals surface area contributed by atoms with E-state index in [-0.39, 0.29) is 24.1 Å². The maximum atomic E-state index is 13.7. The van der Waals surface area contributed by atoms with Crippen LogP contribution in [-0.2, 0) is 22.4 Å². The van der Waals surface area contributed by atoms with E-state index in [0.29, 0.717) is 38.2 Å². The number of halogens is 1. The average Bonchev–Trinajstić information content (AvgIpc) is 2.66. The lowest BCUT2D eigenvalue weighted by atomic mass is 10.0. The molecule has 0 unspecified atom stereocenters. The Morgan fingerprint density at radius 1 is 0.852 bits per heavy atom. The molecule has 3 rings (SSSR count). The minimum absolute atomic E-state index is 0.0588. The van der Waals surface area contributed by atoms with Gasteiger partial charge in [-0.1, -0.05) is 36.4 Å². The summed E-state index contributed by atoms with van der Waals surface area (Å²) in [6.07, 6.45) is 0.438. The van der Waals surface area contributed by atoms with Gasteiger partial charge in [0, 0.05) is 26.2 Å². The number of hydrogen-bond acceptors (Lipinski definition) is 2. The van der Waals surface area contributed by atoms with Gasteiger partial charge in [0.15, 0.2) is 0 Å². The van der Waals surface area contributed by atoms with Crippen molar-refractivity contribution >= 4 is 11.8 Å². The van der Waals surface area contributed by atoms with Crippen LogP contribution in [0.2, 0.25) is 0 Å². The second-order valence-electron chi connectivity index (χ2n) is 7.13. The first-order valence-corrected chi connectivity index (χ1v) is 9.29. The molecule has 5 heteroatoms. The molecule has 0 N–H and O–H groups in total. The van der Waals surface area contributed by atoms with Gasteiger partial charge in [-0.05, 0) is 42.2 Å². The van der Waals surface area contributed by atoms with Crippen molar-refractivity contribution in [3.8, 4) is 0 Å². The normalized spacial score (nSPS) is 14.3. The number of rotatable bonds is 4. The first kappa shape index (κ1) is 19.1. The topological polar surface area (TPSA) is 40.6 Å². The van der Waals surface area contributed by atoms with E-state index in [1.165, 1.54) is 17.2 Å². The summed E-state index contributed by atoms with van der Waals surface area (Å²) >= 11 is 0. The number of nitrogens with zero attached hydrogens (tertiary/aromatic N) is 2. The zero-order valence-corrected chi connectivity index (χ0v) is 15.9. The van der Waals surface area contributed by atoms with Crippen molar-refractivity contribution in [2.45, 2.75) is 26.7 Å². The van der Waals surface area contributed by atoms with Gasteiger partial charge in [-0.2, -0.15) is 0 Å². The number of hydrogen-bond donors (Lipinski definition) is 0. The van der Waals surface area contributed by atoms with Gasteiger partial charge in [0.25, 0.3) is 0 Å². The van der Waals surface area contributed by atoms with Crippen molar-refractivity contribution in [3.63, 3.8) is 0 Å². The van der Waals surface area contributed by atoms with Gasteiger partial charge in [0.05, 0.1) is 12.8 Å². The van der Waals surface area contributed by atoms with E-state index in [1.807, 2.05) is 24.0 Å². The fourth-order valence-electron chi connectivity index (χ4n) is 3.32. The molecule has 1 saturated heterocycles. The largest absolute Gasteiger partial charge is 0.339 e. The summed E-state index contributed by atoms with van der Waals surface area (Å²) in [5.41, 5.74) is 3.83. The Morgan fingerprint density at radius 3 is 2.04 bits per heavy atom. The monoisotopic (exact) mass is 368 g/mol. The van der Waals surface area contributed by atoms with Crippen molar-refractivity contribution in [2.75, 3.05) is 26.2 Å². The standard InChI is InChI=1S/C22H25FN2O2/c1-16-7-8-18(13-17(16)2)14-21(26)24-9-11-25(12-10-24)22(27)15-19-5-3-4-6-20(19)23/h3-8,13H,9-12,14-15H2,1-2H3. The van der Waals surface area contributed by atoms with Crippen molar-refractivity contribution in [3.05, 3.63) is 70.5 Å². The number of aryl methyl sites for hydroxylation is 2. The molecule has 0 saturated carbocycles. The fourth-order valence-corrected chi connectivity index (χ4v) is 3.32. The molecule has 0 spiro atoms. The molecule has 1 heterocycles. The molecule has 0 atom stereocenters. The molecule has 2 aromatic carbocycles. The Morgan fingerprint density at radius 2 is 1.44 bits per heavy atom. The smallest absolute Gasteiger partial charge is 0.227 e. The average molecular weight is 368 g/mol. The lowest BCUT2D eigenvalue weighted by Gasteiger charge is -2.35. The minimum Gasteiger partial charge on any atom is -0.339 e. The molecular formula is C22H25FN2O2. The number of carbonyl (C=O) groups excluding carboxylic acids is 2. The molecule has 1 aliphatic heterocycles. The highest BCUT2D eigenvalue weighted by atomic mass is 19.1. The van der Waals surface area contributed by atoms with Crippen molar-refractivity contribution < 1.29 is 14.0 Å². The summed E-state index contributed by atoms with van der Waals surface area (Å²) in [4.78, 5) is 28.5. The summed E-state index contributed by atoms with van der Waals surface area (Å²) < 4.78 is 13.7. The van der Waals surface area contributed by atoms with Gasteiger partial charge in [0.1, 0.15) is 5.82 Å². The van der Waals surface area contributed by atoms with Gasteiger partial charge in [0.2, 0.25) is 11.8 Å². The van der Waals surface area contributed by atoms with Crippen LogP contribution in [0.1, 0.15) is 22.3 Å². The maximum absolute atomic E-state index is 13.7. The molecule has 27 heavy (non-hydrogen) atoms. The zero-order valence-electron chi connectivity index (χ0n) is 15.9. The summed E-state index contributed by atoms with van der Waals surface area (Å²) in [7, 11) is 0. The van der Waals surface area contributed by atoms with Crippen LogP contribution >= 0.6 is 0 Å². The van der Waals surface area contributed by atoms with Crippen LogP contribution in [0.25, 0.3) is 0 Å². The first-order valence-electron chi connectivity index (χ1n) is 9.29.